The quantitative estimate of drug-likeness (QED) is 0.872. The molecule has 0 fully saturated rings. The molecule has 1 atom stereocenters. The predicted octanol–water partition coefficient (Wildman–Crippen LogP) is 1.52. The fourth-order valence-electron chi connectivity index (χ4n) is 1.00. The molecule has 1 unspecified atom stereocenters. The van der Waals surface area contributed by atoms with Crippen molar-refractivity contribution in [3.63, 3.8) is 0 Å². The summed E-state index contributed by atoms with van der Waals surface area (Å²) in [5.74, 6) is -0.337. The molecule has 1 aromatic rings. The Kier molecular flexibility index (Phi) is 3.87. The standard InChI is InChI=1S/C9H9BrN2O/c10-9-2-7(4-12-5-9)1-8(3-11)6-13/h2,4-5,8,13H,1,6H2. The van der Waals surface area contributed by atoms with Crippen LogP contribution in [0.25, 0.3) is 0 Å². The number of nitriles is 1. The van der Waals surface area contributed by atoms with Crippen LogP contribution in [0.5, 0.6) is 0 Å². The Morgan fingerprint density at radius 1 is 1.62 bits per heavy atom. The number of pyridine rings is 1. The maximum atomic E-state index is 8.80. The van der Waals surface area contributed by atoms with Crippen LogP contribution in [0.3, 0.4) is 0 Å². The topological polar surface area (TPSA) is 56.9 Å². The van der Waals surface area contributed by atoms with E-state index < -0.39 is 0 Å². The maximum absolute atomic E-state index is 8.80. The third-order valence-corrected chi connectivity index (χ3v) is 2.08. The van der Waals surface area contributed by atoms with E-state index in [2.05, 4.69) is 20.9 Å². The summed E-state index contributed by atoms with van der Waals surface area (Å²) in [5.41, 5.74) is 0.954. The Morgan fingerprint density at radius 2 is 2.38 bits per heavy atom. The molecule has 0 bridgehead atoms. The van der Waals surface area contributed by atoms with Gasteiger partial charge in [-0.05, 0) is 34.0 Å². The Hall–Kier alpha value is -0.920. The molecule has 0 amide bonds. The van der Waals surface area contributed by atoms with E-state index >= 15 is 0 Å². The van der Waals surface area contributed by atoms with Crippen molar-refractivity contribution in [1.82, 2.24) is 4.98 Å². The van der Waals surface area contributed by atoms with Crippen molar-refractivity contribution in [2.75, 3.05) is 6.61 Å². The molecule has 3 nitrogen and oxygen atoms in total. The average Bonchev–Trinajstić information content (AvgIpc) is 2.14. The van der Waals surface area contributed by atoms with E-state index in [1.165, 1.54) is 0 Å². The fourth-order valence-corrected chi connectivity index (χ4v) is 1.42. The molecule has 0 aliphatic rings. The Labute approximate surface area is 85.2 Å². The highest BCUT2D eigenvalue weighted by Gasteiger charge is 2.06. The number of aromatic nitrogens is 1. The van der Waals surface area contributed by atoms with Gasteiger partial charge in [-0.25, -0.2) is 0 Å². The van der Waals surface area contributed by atoms with Gasteiger partial charge >= 0.3 is 0 Å². The van der Waals surface area contributed by atoms with Crippen molar-refractivity contribution in [2.45, 2.75) is 6.42 Å². The lowest BCUT2D eigenvalue weighted by atomic mass is 10.0. The predicted molar refractivity (Wildman–Crippen MR) is 51.8 cm³/mol. The smallest absolute Gasteiger partial charge is 0.0735 e. The van der Waals surface area contributed by atoms with Crippen LogP contribution >= 0.6 is 15.9 Å². The van der Waals surface area contributed by atoms with Crippen LogP contribution in [0, 0.1) is 17.2 Å². The van der Waals surface area contributed by atoms with Gasteiger partial charge in [0.15, 0.2) is 0 Å². The molecule has 1 rings (SSSR count). The summed E-state index contributed by atoms with van der Waals surface area (Å²) in [6.45, 7) is -0.108. The Balaban J connectivity index is 2.69. The van der Waals surface area contributed by atoms with Crippen LogP contribution in [-0.4, -0.2) is 16.7 Å². The number of aliphatic hydroxyl groups is 1. The van der Waals surface area contributed by atoms with Gasteiger partial charge in [0.25, 0.3) is 0 Å². The molecule has 1 heterocycles. The Bertz CT molecular complexity index is 322. The summed E-state index contributed by atoms with van der Waals surface area (Å²) in [4.78, 5) is 3.97. The lowest BCUT2D eigenvalue weighted by Gasteiger charge is -2.04. The van der Waals surface area contributed by atoms with Crippen molar-refractivity contribution in [3.05, 3.63) is 28.5 Å². The van der Waals surface area contributed by atoms with Gasteiger partial charge in [0.05, 0.1) is 18.6 Å². The minimum absolute atomic E-state index is 0.108. The first-order valence-corrected chi connectivity index (χ1v) is 4.65. The van der Waals surface area contributed by atoms with E-state index in [4.69, 9.17) is 10.4 Å². The third kappa shape index (κ3) is 3.13. The van der Waals surface area contributed by atoms with Crippen LogP contribution in [0.4, 0.5) is 0 Å². The highest BCUT2D eigenvalue weighted by atomic mass is 79.9. The number of rotatable bonds is 3. The van der Waals surface area contributed by atoms with Gasteiger partial charge in [0.2, 0.25) is 0 Å². The van der Waals surface area contributed by atoms with E-state index in [0.29, 0.717) is 6.42 Å². The van der Waals surface area contributed by atoms with Gasteiger partial charge in [-0.1, -0.05) is 0 Å². The number of nitrogens with zero attached hydrogens (tertiary/aromatic N) is 2. The van der Waals surface area contributed by atoms with Crippen LogP contribution in [-0.2, 0) is 6.42 Å². The van der Waals surface area contributed by atoms with E-state index in [1.54, 1.807) is 12.4 Å². The second kappa shape index (κ2) is 4.95. The summed E-state index contributed by atoms with van der Waals surface area (Å²) >= 11 is 3.29. The first-order valence-electron chi connectivity index (χ1n) is 3.86. The molecule has 1 aromatic heterocycles. The molecule has 0 aliphatic carbocycles. The number of aliphatic hydroxyl groups excluding tert-OH is 1. The van der Waals surface area contributed by atoms with Crippen molar-refractivity contribution in [2.24, 2.45) is 5.92 Å². The highest BCUT2D eigenvalue weighted by molar-refractivity contribution is 9.10. The van der Waals surface area contributed by atoms with Gasteiger partial charge in [-0.3, -0.25) is 4.98 Å². The van der Waals surface area contributed by atoms with Crippen LogP contribution in [0.15, 0.2) is 22.9 Å². The van der Waals surface area contributed by atoms with Gasteiger partial charge < -0.3 is 5.11 Å². The zero-order chi connectivity index (χ0) is 9.68. The highest BCUT2D eigenvalue weighted by Crippen LogP contribution is 2.12. The van der Waals surface area contributed by atoms with Crippen LogP contribution in [0.1, 0.15) is 5.56 Å². The molecule has 0 aromatic carbocycles. The Morgan fingerprint density at radius 3 is 2.92 bits per heavy atom. The molecular weight excluding hydrogens is 232 g/mol. The first-order chi connectivity index (χ1) is 6.26. The lowest BCUT2D eigenvalue weighted by Crippen LogP contribution is -2.06. The molecule has 68 valence electrons. The van der Waals surface area contributed by atoms with Crippen molar-refractivity contribution >= 4 is 15.9 Å². The molecule has 0 radical (unpaired) electrons. The van der Waals surface area contributed by atoms with Gasteiger partial charge in [0, 0.05) is 16.9 Å². The van der Waals surface area contributed by atoms with E-state index in [-0.39, 0.29) is 12.5 Å². The monoisotopic (exact) mass is 240 g/mol. The molecule has 0 saturated heterocycles. The molecule has 0 aliphatic heterocycles. The second-order valence-corrected chi connectivity index (χ2v) is 3.64. The molecule has 13 heavy (non-hydrogen) atoms. The first kappa shape index (κ1) is 10.2. The molecule has 4 heteroatoms. The third-order valence-electron chi connectivity index (χ3n) is 1.65. The summed E-state index contributed by atoms with van der Waals surface area (Å²) in [6, 6.07) is 3.92. The van der Waals surface area contributed by atoms with E-state index in [1.807, 2.05) is 12.1 Å². The summed E-state index contributed by atoms with van der Waals surface area (Å²) in [7, 11) is 0. The zero-order valence-electron chi connectivity index (χ0n) is 6.94. The van der Waals surface area contributed by atoms with Crippen LogP contribution < -0.4 is 0 Å². The van der Waals surface area contributed by atoms with Gasteiger partial charge in [-0.2, -0.15) is 5.26 Å². The van der Waals surface area contributed by atoms with Gasteiger partial charge in [0.1, 0.15) is 0 Å². The fraction of sp³-hybridized carbons (Fsp3) is 0.333. The van der Waals surface area contributed by atoms with Crippen molar-refractivity contribution in [1.29, 1.82) is 5.26 Å². The SMILES string of the molecule is N#CC(CO)Cc1cncc(Br)c1. The van der Waals surface area contributed by atoms with Crippen LogP contribution in [0.2, 0.25) is 0 Å². The minimum Gasteiger partial charge on any atom is -0.395 e. The molecule has 1 N–H and O–H groups in total. The molecular formula is C9H9BrN2O. The normalized spacial score (nSPS) is 12.1. The van der Waals surface area contributed by atoms with Crippen molar-refractivity contribution < 1.29 is 5.11 Å². The van der Waals surface area contributed by atoms with Gasteiger partial charge in [-0.15, -0.1) is 0 Å². The van der Waals surface area contributed by atoms with E-state index in [0.717, 1.165) is 10.0 Å². The number of hydrogen-bond acceptors (Lipinski definition) is 3. The average molecular weight is 241 g/mol. The zero-order valence-corrected chi connectivity index (χ0v) is 8.53. The second-order valence-electron chi connectivity index (χ2n) is 2.72. The van der Waals surface area contributed by atoms with E-state index in [9.17, 15) is 0 Å². The maximum Gasteiger partial charge on any atom is 0.0735 e. The largest absolute Gasteiger partial charge is 0.395 e. The lowest BCUT2D eigenvalue weighted by molar-refractivity contribution is 0.255. The van der Waals surface area contributed by atoms with Crippen molar-refractivity contribution in [3.8, 4) is 6.07 Å². The number of halogens is 1. The summed E-state index contributed by atoms with van der Waals surface area (Å²) < 4.78 is 0.889. The molecule has 0 saturated carbocycles. The summed E-state index contributed by atoms with van der Waals surface area (Å²) in [6.07, 6.45) is 3.92. The molecule has 0 spiro atoms. The number of hydrogen-bond donors (Lipinski definition) is 1. The minimum atomic E-state index is -0.337. The summed E-state index contributed by atoms with van der Waals surface area (Å²) in [5, 5.41) is 17.4.